The molecular weight excluding hydrogens is 332 g/mol. The molecule has 2 saturated heterocycles. The summed E-state index contributed by atoms with van der Waals surface area (Å²) >= 11 is 6.04. The number of carbonyl (C=O) groups is 2. The average Bonchev–Trinajstić information content (AvgIpc) is 2.81. The van der Waals surface area contributed by atoms with Crippen molar-refractivity contribution in [2.24, 2.45) is 0 Å². The number of anilines is 1. The van der Waals surface area contributed by atoms with E-state index in [1.807, 2.05) is 18.7 Å². The number of carbonyl (C=O) groups excluding carboxylic acids is 2. The third-order valence-corrected chi connectivity index (χ3v) is 4.63. The van der Waals surface area contributed by atoms with Gasteiger partial charge in [0.25, 0.3) is 5.91 Å². The van der Waals surface area contributed by atoms with Gasteiger partial charge in [0.05, 0.1) is 37.5 Å². The molecule has 24 heavy (non-hydrogen) atoms. The lowest BCUT2D eigenvalue weighted by Gasteiger charge is -2.37. The zero-order valence-electron chi connectivity index (χ0n) is 14.0. The van der Waals surface area contributed by atoms with Gasteiger partial charge in [-0.3, -0.25) is 14.5 Å². The maximum atomic E-state index is 12.9. The van der Waals surface area contributed by atoms with Gasteiger partial charge in [0, 0.05) is 18.1 Å². The molecule has 6 nitrogen and oxygen atoms in total. The molecule has 2 amide bonds. The van der Waals surface area contributed by atoms with Crippen LogP contribution < -0.4 is 9.64 Å². The third-order valence-electron chi connectivity index (χ3n) is 4.39. The number of hydrogen-bond donors (Lipinski definition) is 0. The predicted molar refractivity (Wildman–Crippen MR) is 90.5 cm³/mol. The predicted octanol–water partition coefficient (Wildman–Crippen LogP) is 2.09. The van der Waals surface area contributed by atoms with Crippen molar-refractivity contribution in [3.63, 3.8) is 0 Å². The molecule has 3 rings (SSSR count). The van der Waals surface area contributed by atoms with Crippen molar-refractivity contribution < 1.29 is 19.1 Å². The van der Waals surface area contributed by atoms with Crippen LogP contribution in [-0.4, -0.2) is 55.2 Å². The summed E-state index contributed by atoms with van der Waals surface area (Å²) in [5.41, 5.74) is 0.400. The molecule has 7 heteroatoms. The first-order valence-corrected chi connectivity index (χ1v) is 8.38. The van der Waals surface area contributed by atoms with Crippen LogP contribution in [0.25, 0.3) is 0 Å². The van der Waals surface area contributed by atoms with Crippen molar-refractivity contribution in [3.8, 4) is 5.75 Å². The first-order chi connectivity index (χ1) is 11.4. The average molecular weight is 353 g/mol. The number of halogens is 1. The molecule has 2 heterocycles. The van der Waals surface area contributed by atoms with Crippen LogP contribution in [0, 0.1) is 0 Å². The van der Waals surface area contributed by atoms with Crippen LogP contribution in [0.5, 0.6) is 5.75 Å². The molecule has 130 valence electrons. The van der Waals surface area contributed by atoms with Crippen molar-refractivity contribution >= 4 is 29.1 Å². The molecule has 0 bridgehead atoms. The highest BCUT2D eigenvalue weighted by molar-refractivity contribution is 6.31. The standard InChI is InChI=1S/C17H21ClN2O4/c1-10-8-19(9-11(2)24-10)14-7-16(21)20(17(14)22)13-6-12(18)4-5-15(13)23-3/h4-6,10-11,14H,7-9H2,1-3H3/t10-,11+,14-/m1/s1. The van der Waals surface area contributed by atoms with Gasteiger partial charge < -0.3 is 9.47 Å². The molecule has 0 unspecified atom stereocenters. The van der Waals surface area contributed by atoms with Gasteiger partial charge >= 0.3 is 0 Å². The number of nitrogens with zero attached hydrogens (tertiary/aromatic N) is 2. The third kappa shape index (κ3) is 3.14. The van der Waals surface area contributed by atoms with E-state index in [9.17, 15) is 9.59 Å². The molecule has 3 atom stereocenters. The van der Waals surface area contributed by atoms with Crippen LogP contribution in [0.3, 0.4) is 0 Å². The summed E-state index contributed by atoms with van der Waals surface area (Å²) in [6.45, 7) is 5.21. The summed E-state index contributed by atoms with van der Waals surface area (Å²) in [7, 11) is 1.50. The number of ether oxygens (including phenoxy) is 2. The quantitative estimate of drug-likeness (QED) is 0.780. The van der Waals surface area contributed by atoms with E-state index in [0.29, 0.717) is 29.5 Å². The number of amides is 2. The highest BCUT2D eigenvalue weighted by atomic mass is 35.5. The molecule has 2 aliphatic heterocycles. The SMILES string of the molecule is COc1ccc(Cl)cc1N1C(=O)C[C@@H](N2C[C@@H](C)O[C@@H](C)C2)C1=O. The normalized spacial score (nSPS) is 28.5. The molecular formula is C17H21ClN2O4. The van der Waals surface area contributed by atoms with E-state index < -0.39 is 6.04 Å². The summed E-state index contributed by atoms with van der Waals surface area (Å²) in [6.07, 6.45) is 0.228. The number of rotatable bonds is 3. The highest BCUT2D eigenvalue weighted by Gasteiger charge is 2.45. The maximum absolute atomic E-state index is 12.9. The second-order valence-corrected chi connectivity index (χ2v) is 6.75. The second kappa shape index (κ2) is 6.70. The smallest absolute Gasteiger partial charge is 0.251 e. The van der Waals surface area contributed by atoms with Crippen molar-refractivity contribution in [1.82, 2.24) is 4.90 Å². The second-order valence-electron chi connectivity index (χ2n) is 6.31. The summed E-state index contributed by atoms with van der Waals surface area (Å²) in [5, 5.41) is 0.448. The fourth-order valence-corrected chi connectivity index (χ4v) is 3.63. The molecule has 0 saturated carbocycles. The summed E-state index contributed by atoms with van der Waals surface area (Å²) in [4.78, 5) is 28.7. The molecule has 1 aromatic carbocycles. The molecule has 0 spiro atoms. The van der Waals surface area contributed by atoms with E-state index in [0.717, 1.165) is 0 Å². The van der Waals surface area contributed by atoms with Gasteiger partial charge in [-0.05, 0) is 32.0 Å². The summed E-state index contributed by atoms with van der Waals surface area (Å²) in [5.74, 6) is -0.0234. The van der Waals surface area contributed by atoms with Gasteiger partial charge in [0.1, 0.15) is 5.75 Å². The van der Waals surface area contributed by atoms with Crippen LogP contribution >= 0.6 is 11.6 Å². The van der Waals surface area contributed by atoms with Gasteiger partial charge in [0.15, 0.2) is 0 Å². The Kier molecular flexibility index (Phi) is 4.80. The van der Waals surface area contributed by atoms with Crippen LogP contribution in [-0.2, 0) is 14.3 Å². The minimum atomic E-state index is -0.463. The Balaban J connectivity index is 1.88. The zero-order chi connectivity index (χ0) is 17.4. The molecule has 2 fully saturated rings. The molecule has 0 aromatic heterocycles. The zero-order valence-corrected chi connectivity index (χ0v) is 14.7. The van der Waals surface area contributed by atoms with Gasteiger partial charge in [-0.25, -0.2) is 4.90 Å². The number of morpholine rings is 1. The minimum Gasteiger partial charge on any atom is -0.495 e. The summed E-state index contributed by atoms with van der Waals surface area (Å²) in [6, 6.07) is 4.45. The van der Waals surface area contributed by atoms with Crippen molar-refractivity contribution in [2.45, 2.75) is 38.5 Å². The van der Waals surface area contributed by atoms with E-state index in [1.165, 1.54) is 12.0 Å². The van der Waals surface area contributed by atoms with E-state index in [-0.39, 0.29) is 30.4 Å². The fraction of sp³-hybridized carbons (Fsp3) is 0.529. The van der Waals surface area contributed by atoms with Crippen LogP contribution in [0.15, 0.2) is 18.2 Å². The van der Waals surface area contributed by atoms with Gasteiger partial charge in [-0.15, -0.1) is 0 Å². The Morgan fingerprint density at radius 2 is 1.88 bits per heavy atom. The molecule has 2 aliphatic rings. The molecule has 1 aromatic rings. The van der Waals surface area contributed by atoms with E-state index in [4.69, 9.17) is 21.1 Å². The molecule has 0 N–H and O–H groups in total. The lowest BCUT2D eigenvalue weighted by Crippen LogP contribution is -2.52. The Hall–Kier alpha value is -1.63. The first kappa shape index (κ1) is 17.2. The van der Waals surface area contributed by atoms with E-state index in [2.05, 4.69) is 0 Å². The Morgan fingerprint density at radius 1 is 1.21 bits per heavy atom. The summed E-state index contributed by atoms with van der Waals surface area (Å²) < 4.78 is 11.0. The van der Waals surface area contributed by atoms with Gasteiger partial charge in [0.2, 0.25) is 5.91 Å². The molecule has 0 aliphatic carbocycles. The van der Waals surface area contributed by atoms with E-state index >= 15 is 0 Å². The van der Waals surface area contributed by atoms with Gasteiger partial charge in [-0.2, -0.15) is 0 Å². The Labute approximate surface area is 146 Å². The first-order valence-electron chi connectivity index (χ1n) is 8.00. The molecule has 0 radical (unpaired) electrons. The van der Waals surface area contributed by atoms with Gasteiger partial charge in [-0.1, -0.05) is 11.6 Å². The van der Waals surface area contributed by atoms with Crippen molar-refractivity contribution in [1.29, 1.82) is 0 Å². The monoisotopic (exact) mass is 352 g/mol. The van der Waals surface area contributed by atoms with Crippen LogP contribution in [0.4, 0.5) is 5.69 Å². The Bertz CT molecular complexity index is 656. The topological polar surface area (TPSA) is 59.1 Å². The number of imide groups is 1. The Morgan fingerprint density at radius 3 is 2.50 bits per heavy atom. The number of benzene rings is 1. The highest BCUT2D eigenvalue weighted by Crippen LogP contribution is 2.35. The van der Waals surface area contributed by atoms with Crippen molar-refractivity contribution in [2.75, 3.05) is 25.1 Å². The lowest BCUT2D eigenvalue weighted by molar-refractivity contribution is -0.127. The van der Waals surface area contributed by atoms with Crippen LogP contribution in [0.1, 0.15) is 20.3 Å². The fourth-order valence-electron chi connectivity index (χ4n) is 3.46. The minimum absolute atomic E-state index is 0.0337. The number of methoxy groups -OCH3 is 1. The number of hydrogen-bond acceptors (Lipinski definition) is 5. The van der Waals surface area contributed by atoms with Crippen molar-refractivity contribution in [3.05, 3.63) is 23.2 Å². The lowest BCUT2D eigenvalue weighted by atomic mass is 10.1. The largest absolute Gasteiger partial charge is 0.495 e. The maximum Gasteiger partial charge on any atom is 0.251 e. The van der Waals surface area contributed by atoms with Crippen LogP contribution in [0.2, 0.25) is 5.02 Å². The van der Waals surface area contributed by atoms with E-state index in [1.54, 1.807) is 18.2 Å².